The van der Waals surface area contributed by atoms with Crippen LogP contribution in [0.15, 0.2) is 60.7 Å². The Bertz CT molecular complexity index is 540. The van der Waals surface area contributed by atoms with Gasteiger partial charge in [-0.25, -0.2) is 0 Å². The molecule has 1 aliphatic rings. The molecule has 0 amide bonds. The average molecular weight is 281 g/mol. The van der Waals surface area contributed by atoms with Crippen LogP contribution in [0.1, 0.15) is 31.0 Å². The molecule has 2 nitrogen and oxygen atoms in total. The van der Waals surface area contributed by atoms with Gasteiger partial charge in [-0.2, -0.15) is 0 Å². The summed E-state index contributed by atoms with van der Waals surface area (Å²) >= 11 is 0. The Morgan fingerprint density at radius 1 is 0.952 bits per heavy atom. The lowest BCUT2D eigenvalue weighted by atomic mass is 9.80. The quantitative estimate of drug-likeness (QED) is 0.843. The summed E-state index contributed by atoms with van der Waals surface area (Å²) < 4.78 is 5.61. The molecule has 0 aromatic heterocycles. The standard InChI is InChI=1S/C19H23NO/c1-19(2)17(21-3)14-20(19)18(15-10-6-4-7-11-15)16-12-8-5-9-13-16/h4-13,17-18H,14H2,1-3H3. The molecule has 0 spiro atoms. The van der Waals surface area contributed by atoms with E-state index >= 15 is 0 Å². The second-order valence-electron chi connectivity index (χ2n) is 6.25. The SMILES string of the molecule is COC1CN(C(c2ccccc2)c2ccccc2)C1(C)C. The van der Waals surface area contributed by atoms with Gasteiger partial charge in [-0.1, -0.05) is 60.7 Å². The van der Waals surface area contributed by atoms with Gasteiger partial charge in [-0.15, -0.1) is 0 Å². The lowest BCUT2D eigenvalue weighted by molar-refractivity contribution is -0.149. The van der Waals surface area contributed by atoms with Crippen LogP contribution in [0.25, 0.3) is 0 Å². The van der Waals surface area contributed by atoms with Gasteiger partial charge < -0.3 is 4.74 Å². The van der Waals surface area contributed by atoms with Crippen LogP contribution in [-0.2, 0) is 4.74 Å². The van der Waals surface area contributed by atoms with Crippen LogP contribution >= 0.6 is 0 Å². The molecule has 1 fully saturated rings. The summed E-state index contributed by atoms with van der Waals surface area (Å²) in [5.74, 6) is 0. The van der Waals surface area contributed by atoms with Crippen LogP contribution in [0.5, 0.6) is 0 Å². The number of rotatable bonds is 4. The van der Waals surface area contributed by atoms with Gasteiger partial charge in [0.25, 0.3) is 0 Å². The minimum Gasteiger partial charge on any atom is -0.378 e. The first kappa shape index (κ1) is 14.3. The number of nitrogens with zero attached hydrogens (tertiary/aromatic N) is 1. The Morgan fingerprint density at radius 3 is 1.81 bits per heavy atom. The molecule has 21 heavy (non-hydrogen) atoms. The zero-order valence-electron chi connectivity index (χ0n) is 13.0. The summed E-state index contributed by atoms with van der Waals surface area (Å²) in [6.45, 7) is 5.51. The summed E-state index contributed by atoms with van der Waals surface area (Å²) in [5, 5.41) is 0. The number of ether oxygens (including phenoxy) is 1. The molecule has 3 rings (SSSR count). The third-order valence-electron chi connectivity index (χ3n) is 4.72. The van der Waals surface area contributed by atoms with Crippen molar-refractivity contribution in [2.75, 3.05) is 13.7 Å². The van der Waals surface area contributed by atoms with E-state index in [9.17, 15) is 0 Å². The molecule has 1 heterocycles. The normalized spacial score (nSPS) is 21.2. The van der Waals surface area contributed by atoms with Gasteiger partial charge in [0.15, 0.2) is 0 Å². The van der Waals surface area contributed by atoms with Gasteiger partial charge in [0, 0.05) is 19.2 Å². The summed E-state index contributed by atoms with van der Waals surface area (Å²) in [5.41, 5.74) is 2.73. The van der Waals surface area contributed by atoms with Gasteiger partial charge in [0.2, 0.25) is 0 Å². The molecule has 1 unspecified atom stereocenters. The molecule has 2 aromatic carbocycles. The van der Waals surface area contributed by atoms with Crippen molar-refractivity contribution in [2.45, 2.75) is 31.5 Å². The van der Waals surface area contributed by atoms with E-state index in [1.165, 1.54) is 11.1 Å². The number of hydrogen-bond donors (Lipinski definition) is 0. The fourth-order valence-corrected chi connectivity index (χ4v) is 3.33. The molecule has 1 atom stereocenters. The third kappa shape index (κ3) is 2.50. The zero-order valence-corrected chi connectivity index (χ0v) is 13.0. The Kier molecular flexibility index (Phi) is 3.83. The van der Waals surface area contributed by atoms with E-state index in [4.69, 9.17) is 4.74 Å². The Labute approximate surface area is 127 Å². The van der Waals surface area contributed by atoms with Gasteiger partial charge in [-0.3, -0.25) is 4.90 Å². The molecule has 1 saturated heterocycles. The molecule has 2 heteroatoms. The number of hydrogen-bond acceptors (Lipinski definition) is 2. The molecule has 0 aliphatic carbocycles. The molecule has 1 aliphatic heterocycles. The number of methoxy groups -OCH3 is 1. The smallest absolute Gasteiger partial charge is 0.0876 e. The minimum absolute atomic E-state index is 0.0467. The van der Waals surface area contributed by atoms with E-state index in [-0.39, 0.29) is 11.6 Å². The average Bonchev–Trinajstić information content (AvgIpc) is 2.52. The first-order valence-corrected chi connectivity index (χ1v) is 7.54. The van der Waals surface area contributed by atoms with Gasteiger partial charge >= 0.3 is 0 Å². The van der Waals surface area contributed by atoms with E-state index in [0.717, 1.165) is 6.54 Å². The first-order valence-electron chi connectivity index (χ1n) is 7.54. The third-order valence-corrected chi connectivity index (χ3v) is 4.72. The molecule has 0 saturated carbocycles. The van der Waals surface area contributed by atoms with Crippen LogP contribution in [0.2, 0.25) is 0 Å². The van der Waals surface area contributed by atoms with Crippen LogP contribution < -0.4 is 0 Å². The maximum Gasteiger partial charge on any atom is 0.0876 e. The van der Waals surface area contributed by atoms with Crippen molar-refractivity contribution in [3.63, 3.8) is 0 Å². The van der Waals surface area contributed by atoms with Crippen LogP contribution in [0.3, 0.4) is 0 Å². The Balaban J connectivity index is 1.99. The highest BCUT2D eigenvalue weighted by molar-refractivity contribution is 5.33. The summed E-state index contributed by atoms with van der Waals surface area (Å²) in [6, 6.07) is 21.8. The summed E-state index contributed by atoms with van der Waals surface area (Å²) in [4.78, 5) is 2.53. The van der Waals surface area contributed by atoms with Gasteiger partial charge in [0.05, 0.1) is 12.1 Å². The highest BCUT2D eigenvalue weighted by Gasteiger charge is 2.50. The van der Waals surface area contributed by atoms with Crippen LogP contribution in [0.4, 0.5) is 0 Å². The number of likely N-dealkylation sites (tertiary alicyclic amines) is 1. The lowest BCUT2D eigenvalue weighted by Gasteiger charge is -2.57. The van der Waals surface area contributed by atoms with Crippen molar-refractivity contribution in [1.82, 2.24) is 4.90 Å². The topological polar surface area (TPSA) is 12.5 Å². The van der Waals surface area contributed by atoms with E-state index in [1.807, 2.05) is 7.11 Å². The lowest BCUT2D eigenvalue weighted by Crippen LogP contribution is -2.68. The van der Waals surface area contributed by atoms with Crippen molar-refractivity contribution in [3.8, 4) is 0 Å². The number of benzene rings is 2. The zero-order chi connectivity index (χ0) is 14.9. The van der Waals surface area contributed by atoms with E-state index in [2.05, 4.69) is 79.4 Å². The largest absolute Gasteiger partial charge is 0.378 e. The Hall–Kier alpha value is -1.64. The molecule has 0 N–H and O–H groups in total. The molecule has 0 radical (unpaired) electrons. The van der Waals surface area contributed by atoms with Crippen molar-refractivity contribution in [1.29, 1.82) is 0 Å². The van der Waals surface area contributed by atoms with E-state index in [0.29, 0.717) is 6.10 Å². The van der Waals surface area contributed by atoms with E-state index in [1.54, 1.807) is 0 Å². The van der Waals surface area contributed by atoms with Crippen molar-refractivity contribution in [3.05, 3.63) is 71.8 Å². The second-order valence-corrected chi connectivity index (χ2v) is 6.25. The minimum atomic E-state index is 0.0467. The van der Waals surface area contributed by atoms with Crippen molar-refractivity contribution < 1.29 is 4.74 Å². The summed E-state index contributed by atoms with van der Waals surface area (Å²) in [6.07, 6.45) is 0.299. The highest BCUT2D eigenvalue weighted by Crippen LogP contribution is 2.42. The second kappa shape index (κ2) is 5.63. The van der Waals surface area contributed by atoms with Crippen LogP contribution in [0, 0.1) is 0 Å². The first-order chi connectivity index (χ1) is 10.1. The van der Waals surface area contributed by atoms with Crippen LogP contribution in [-0.4, -0.2) is 30.2 Å². The van der Waals surface area contributed by atoms with E-state index < -0.39 is 0 Å². The molecule has 110 valence electrons. The van der Waals surface area contributed by atoms with Gasteiger partial charge in [0.1, 0.15) is 0 Å². The predicted molar refractivity (Wildman–Crippen MR) is 86.3 cm³/mol. The Morgan fingerprint density at radius 2 is 1.43 bits per heavy atom. The van der Waals surface area contributed by atoms with Gasteiger partial charge in [-0.05, 0) is 25.0 Å². The summed E-state index contributed by atoms with van der Waals surface area (Å²) in [7, 11) is 1.81. The maximum atomic E-state index is 5.61. The molecular formula is C19H23NO. The predicted octanol–water partition coefficient (Wildman–Crippen LogP) is 3.89. The maximum absolute atomic E-state index is 5.61. The fraction of sp³-hybridized carbons (Fsp3) is 0.368. The van der Waals surface area contributed by atoms with Crippen molar-refractivity contribution >= 4 is 0 Å². The van der Waals surface area contributed by atoms with Crippen molar-refractivity contribution in [2.24, 2.45) is 0 Å². The highest BCUT2D eigenvalue weighted by atomic mass is 16.5. The molecule has 0 bridgehead atoms. The molecule has 2 aromatic rings. The monoisotopic (exact) mass is 281 g/mol. The molecular weight excluding hydrogens is 258 g/mol. The fourth-order valence-electron chi connectivity index (χ4n) is 3.33.